The van der Waals surface area contributed by atoms with Gasteiger partial charge in [0.15, 0.2) is 17.1 Å². The van der Waals surface area contributed by atoms with Crippen LogP contribution in [0.5, 0.6) is 11.5 Å². The van der Waals surface area contributed by atoms with Crippen molar-refractivity contribution in [3.8, 4) is 22.8 Å². The molecule has 0 saturated carbocycles. The van der Waals surface area contributed by atoms with Crippen molar-refractivity contribution in [2.24, 2.45) is 0 Å². The van der Waals surface area contributed by atoms with Crippen LogP contribution in [0.1, 0.15) is 0 Å². The molecule has 2 aromatic carbocycles. The van der Waals surface area contributed by atoms with Crippen LogP contribution in [-0.4, -0.2) is 54.0 Å². The number of anilines is 3. The average Bonchev–Trinajstić information content (AvgIpc) is 3.27. The van der Waals surface area contributed by atoms with Crippen molar-refractivity contribution >= 4 is 23.0 Å². The lowest BCUT2D eigenvalue weighted by Crippen LogP contribution is -2.43. The predicted molar refractivity (Wildman–Crippen MR) is 124 cm³/mol. The molecule has 32 heavy (non-hydrogen) atoms. The van der Waals surface area contributed by atoms with Crippen LogP contribution in [0.4, 0.5) is 17.3 Å². The molecule has 0 unspecified atom stereocenters. The van der Waals surface area contributed by atoms with E-state index in [2.05, 4.69) is 44.8 Å². The molecule has 4 heterocycles. The zero-order valence-electron chi connectivity index (χ0n) is 17.6. The summed E-state index contributed by atoms with van der Waals surface area (Å²) in [7, 11) is 0. The molecular formula is C24H24N6O2. The molecule has 6 rings (SSSR count). The van der Waals surface area contributed by atoms with Gasteiger partial charge in [-0.3, -0.25) is 0 Å². The number of ether oxygens (including phenoxy) is 2. The maximum Gasteiger partial charge on any atom is 0.247 e. The van der Waals surface area contributed by atoms with Gasteiger partial charge < -0.3 is 25.0 Å². The van der Waals surface area contributed by atoms with Gasteiger partial charge in [0.25, 0.3) is 0 Å². The van der Waals surface area contributed by atoms with Crippen LogP contribution >= 0.6 is 0 Å². The Bertz CT molecular complexity index is 1250. The predicted octanol–water partition coefficient (Wildman–Crippen LogP) is 3.32. The van der Waals surface area contributed by atoms with Crippen molar-refractivity contribution in [1.29, 1.82) is 0 Å². The van der Waals surface area contributed by atoms with E-state index in [1.807, 2.05) is 40.9 Å². The molecule has 0 spiro atoms. The molecule has 4 aromatic rings. The highest BCUT2D eigenvalue weighted by Crippen LogP contribution is 2.34. The Kier molecular flexibility index (Phi) is 4.77. The van der Waals surface area contributed by atoms with E-state index in [1.54, 1.807) is 0 Å². The summed E-state index contributed by atoms with van der Waals surface area (Å²) >= 11 is 0. The van der Waals surface area contributed by atoms with E-state index in [-0.39, 0.29) is 0 Å². The lowest BCUT2D eigenvalue weighted by atomic mass is 10.1. The van der Waals surface area contributed by atoms with E-state index >= 15 is 0 Å². The molecule has 2 aliphatic rings. The molecule has 2 aromatic heterocycles. The first-order valence-electron chi connectivity index (χ1n) is 10.9. The highest BCUT2D eigenvalue weighted by Gasteiger charge is 2.15. The van der Waals surface area contributed by atoms with Gasteiger partial charge in [0.05, 0.1) is 5.69 Å². The Morgan fingerprint density at radius 3 is 2.53 bits per heavy atom. The third-order valence-corrected chi connectivity index (χ3v) is 5.80. The van der Waals surface area contributed by atoms with E-state index in [9.17, 15) is 0 Å². The number of nitrogens with one attached hydrogen (secondary N) is 2. The number of nitrogens with zero attached hydrogens (tertiary/aromatic N) is 4. The SMILES string of the molecule is c1cc(-c2ccc3c(c2)OCCO3)n2nc(Nc3ccc(N4CCNCC4)cc3)nc2c1. The standard InChI is InChI=1S/C24H24N6O2/c1-2-20(17-4-9-21-22(16-17)32-15-14-31-21)30-23(3-1)27-24(28-30)26-18-5-7-19(8-6-18)29-12-10-25-11-13-29/h1-9,16,25H,10-15H2,(H,26,28). The van der Waals surface area contributed by atoms with E-state index in [0.717, 1.165) is 60.3 Å². The van der Waals surface area contributed by atoms with Crippen LogP contribution < -0.4 is 25.0 Å². The number of fused-ring (bicyclic) bond motifs is 2. The second-order valence-corrected chi connectivity index (χ2v) is 7.88. The molecular weight excluding hydrogens is 404 g/mol. The molecule has 0 amide bonds. The molecule has 2 aliphatic heterocycles. The van der Waals surface area contributed by atoms with Crippen molar-refractivity contribution in [2.45, 2.75) is 0 Å². The first-order valence-corrected chi connectivity index (χ1v) is 10.9. The van der Waals surface area contributed by atoms with Crippen molar-refractivity contribution in [3.05, 3.63) is 60.7 Å². The second-order valence-electron chi connectivity index (χ2n) is 7.88. The van der Waals surface area contributed by atoms with E-state index < -0.39 is 0 Å². The fourth-order valence-corrected chi connectivity index (χ4v) is 4.19. The van der Waals surface area contributed by atoms with Gasteiger partial charge >= 0.3 is 0 Å². The van der Waals surface area contributed by atoms with Gasteiger partial charge in [-0.25, -0.2) is 4.52 Å². The van der Waals surface area contributed by atoms with Gasteiger partial charge in [-0.15, -0.1) is 5.10 Å². The summed E-state index contributed by atoms with van der Waals surface area (Å²) in [6.07, 6.45) is 0. The third-order valence-electron chi connectivity index (χ3n) is 5.80. The van der Waals surface area contributed by atoms with Crippen LogP contribution in [0.3, 0.4) is 0 Å². The number of hydrogen-bond donors (Lipinski definition) is 2. The normalized spacial score (nSPS) is 15.7. The van der Waals surface area contributed by atoms with E-state index in [4.69, 9.17) is 14.6 Å². The molecule has 1 saturated heterocycles. The first-order chi connectivity index (χ1) is 15.8. The second kappa shape index (κ2) is 8.05. The van der Waals surface area contributed by atoms with Gasteiger partial charge in [0.1, 0.15) is 13.2 Å². The minimum atomic E-state index is 0.560. The summed E-state index contributed by atoms with van der Waals surface area (Å²) in [6.45, 7) is 5.25. The maximum absolute atomic E-state index is 5.75. The topological polar surface area (TPSA) is 76.0 Å². The molecule has 8 heteroatoms. The van der Waals surface area contributed by atoms with Crippen molar-refractivity contribution in [1.82, 2.24) is 19.9 Å². The fraction of sp³-hybridized carbons (Fsp3) is 0.250. The number of hydrogen-bond acceptors (Lipinski definition) is 7. The van der Waals surface area contributed by atoms with Crippen LogP contribution in [0.2, 0.25) is 0 Å². The minimum Gasteiger partial charge on any atom is -0.486 e. The summed E-state index contributed by atoms with van der Waals surface area (Å²) in [5, 5.41) is 11.4. The number of benzene rings is 2. The Morgan fingerprint density at radius 2 is 1.69 bits per heavy atom. The Labute approximate surface area is 185 Å². The zero-order chi connectivity index (χ0) is 21.3. The molecule has 0 aliphatic carbocycles. The fourth-order valence-electron chi connectivity index (χ4n) is 4.19. The maximum atomic E-state index is 5.75. The molecule has 1 fully saturated rings. The van der Waals surface area contributed by atoms with Crippen molar-refractivity contribution in [2.75, 3.05) is 49.6 Å². The van der Waals surface area contributed by atoms with Gasteiger partial charge in [0, 0.05) is 43.1 Å². The van der Waals surface area contributed by atoms with Gasteiger partial charge in [-0.2, -0.15) is 4.98 Å². The molecule has 2 N–H and O–H groups in total. The molecule has 0 atom stereocenters. The van der Waals surface area contributed by atoms with Crippen LogP contribution in [-0.2, 0) is 0 Å². The lowest BCUT2D eigenvalue weighted by Gasteiger charge is -2.29. The third kappa shape index (κ3) is 3.58. The largest absolute Gasteiger partial charge is 0.486 e. The monoisotopic (exact) mass is 428 g/mol. The van der Waals surface area contributed by atoms with Crippen LogP contribution in [0.25, 0.3) is 16.9 Å². The Hall–Kier alpha value is -3.78. The van der Waals surface area contributed by atoms with E-state index in [0.29, 0.717) is 19.2 Å². The Morgan fingerprint density at radius 1 is 0.875 bits per heavy atom. The zero-order valence-corrected chi connectivity index (χ0v) is 17.6. The lowest BCUT2D eigenvalue weighted by molar-refractivity contribution is 0.171. The number of aromatic nitrogens is 3. The summed E-state index contributed by atoms with van der Waals surface area (Å²) in [4.78, 5) is 7.05. The molecule has 0 radical (unpaired) electrons. The summed E-state index contributed by atoms with van der Waals surface area (Å²) in [6, 6.07) is 20.4. The highest BCUT2D eigenvalue weighted by atomic mass is 16.6. The number of piperazine rings is 1. The molecule has 0 bridgehead atoms. The Balaban J connectivity index is 1.26. The molecule has 8 nitrogen and oxygen atoms in total. The minimum absolute atomic E-state index is 0.560. The van der Waals surface area contributed by atoms with Gasteiger partial charge in [-0.1, -0.05) is 6.07 Å². The van der Waals surface area contributed by atoms with E-state index in [1.165, 1.54) is 5.69 Å². The van der Waals surface area contributed by atoms with Crippen LogP contribution in [0.15, 0.2) is 60.7 Å². The van der Waals surface area contributed by atoms with Crippen molar-refractivity contribution < 1.29 is 9.47 Å². The van der Waals surface area contributed by atoms with Crippen molar-refractivity contribution in [3.63, 3.8) is 0 Å². The summed E-state index contributed by atoms with van der Waals surface area (Å²) in [5.74, 6) is 2.09. The quantitative estimate of drug-likeness (QED) is 0.516. The average molecular weight is 428 g/mol. The number of pyridine rings is 1. The smallest absolute Gasteiger partial charge is 0.247 e. The molecule has 162 valence electrons. The first kappa shape index (κ1) is 18.9. The summed E-state index contributed by atoms with van der Waals surface area (Å²) in [5.41, 5.74) is 4.91. The summed E-state index contributed by atoms with van der Waals surface area (Å²) < 4.78 is 13.2. The number of rotatable bonds is 4. The van der Waals surface area contributed by atoms with Gasteiger partial charge in [-0.05, 0) is 54.6 Å². The highest BCUT2D eigenvalue weighted by molar-refractivity contribution is 5.68. The van der Waals surface area contributed by atoms with Gasteiger partial charge in [0.2, 0.25) is 5.95 Å². The van der Waals surface area contributed by atoms with Crippen LogP contribution in [0, 0.1) is 0 Å².